The number of carbonyl (C=O) groups excluding carboxylic acids is 2. The largest absolute Gasteiger partial charge is 0.481 e. The summed E-state index contributed by atoms with van der Waals surface area (Å²) in [6, 6.07) is 7.97. The monoisotopic (exact) mass is 367 g/mol. The molecule has 0 unspecified atom stereocenters. The van der Waals surface area contributed by atoms with Crippen LogP contribution in [0.2, 0.25) is 0 Å². The van der Waals surface area contributed by atoms with E-state index in [9.17, 15) is 9.59 Å². The quantitative estimate of drug-likeness (QED) is 0.657. The lowest BCUT2D eigenvalue weighted by atomic mass is 10.1. The maximum atomic E-state index is 12.1. The summed E-state index contributed by atoms with van der Waals surface area (Å²) in [6.07, 6.45) is 3.01. The molecular weight excluding hydrogens is 350 g/mol. The van der Waals surface area contributed by atoms with Crippen molar-refractivity contribution in [3.05, 3.63) is 54.0 Å². The number of carbonyl (C=O) groups is 2. The fourth-order valence-electron chi connectivity index (χ4n) is 2.41. The molecule has 27 heavy (non-hydrogen) atoms. The second-order valence-corrected chi connectivity index (χ2v) is 5.40. The molecule has 0 spiro atoms. The number of hydrogen-bond acceptors (Lipinski definition) is 7. The van der Waals surface area contributed by atoms with Crippen LogP contribution < -0.4 is 10.5 Å². The molecule has 138 valence electrons. The summed E-state index contributed by atoms with van der Waals surface area (Å²) in [5.41, 5.74) is 7.22. The first-order valence-electron chi connectivity index (χ1n) is 8.07. The number of amides is 1. The van der Waals surface area contributed by atoms with E-state index in [1.807, 2.05) is 0 Å². The van der Waals surface area contributed by atoms with Crippen molar-refractivity contribution in [1.29, 1.82) is 0 Å². The predicted molar refractivity (Wildman–Crippen MR) is 95.6 cm³/mol. The number of primary amides is 1. The number of ether oxygens (including phenoxy) is 2. The Bertz CT molecular complexity index is 982. The maximum absolute atomic E-state index is 12.1. The van der Waals surface area contributed by atoms with E-state index in [-0.39, 0.29) is 12.3 Å². The molecular formula is C18H17N5O4. The van der Waals surface area contributed by atoms with E-state index in [1.54, 1.807) is 25.3 Å². The van der Waals surface area contributed by atoms with Crippen LogP contribution in [-0.2, 0) is 4.74 Å². The molecule has 9 nitrogen and oxygen atoms in total. The Morgan fingerprint density at radius 3 is 2.63 bits per heavy atom. The van der Waals surface area contributed by atoms with Crippen LogP contribution in [0, 0.1) is 0 Å². The van der Waals surface area contributed by atoms with Crippen LogP contribution in [0.1, 0.15) is 27.8 Å². The number of rotatable bonds is 6. The van der Waals surface area contributed by atoms with E-state index in [0.29, 0.717) is 28.5 Å². The van der Waals surface area contributed by atoms with Crippen molar-refractivity contribution >= 4 is 11.9 Å². The summed E-state index contributed by atoms with van der Waals surface area (Å²) in [6.45, 7) is 1.93. The molecule has 0 atom stereocenters. The van der Waals surface area contributed by atoms with Crippen LogP contribution in [0.25, 0.3) is 17.1 Å². The van der Waals surface area contributed by atoms with Crippen LogP contribution >= 0.6 is 0 Å². The van der Waals surface area contributed by atoms with Gasteiger partial charge >= 0.3 is 5.97 Å². The minimum atomic E-state index is -0.582. The smallest absolute Gasteiger partial charge is 0.358 e. The van der Waals surface area contributed by atoms with Crippen LogP contribution in [0.15, 0.2) is 42.7 Å². The van der Waals surface area contributed by atoms with Gasteiger partial charge in [0.25, 0.3) is 0 Å². The minimum Gasteiger partial charge on any atom is -0.481 e. The number of aromatic nitrogens is 4. The lowest BCUT2D eigenvalue weighted by Crippen LogP contribution is -2.11. The van der Waals surface area contributed by atoms with Gasteiger partial charge in [0, 0.05) is 23.9 Å². The average molecular weight is 367 g/mol. The first kappa shape index (κ1) is 18.1. The van der Waals surface area contributed by atoms with E-state index in [1.165, 1.54) is 36.2 Å². The Hall–Kier alpha value is -3.75. The number of hydrogen-bond donors (Lipinski definition) is 1. The van der Waals surface area contributed by atoms with Gasteiger partial charge in [0.15, 0.2) is 5.69 Å². The molecule has 0 bridgehead atoms. The van der Waals surface area contributed by atoms with Gasteiger partial charge in [-0.3, -0.25) is 9.78 Å². The van der Waals surface area contributed by atoms with E-state index in [4.69, 9.17) is 15.2 Å². The molecule has 9 heteroatoms. The van der Waals surface area contributed by atoms with Gasteiger partial charge in [-0.15, -0.1) is 0 Å². The highest BCUT2D eigenvalue weighted by Gasteiger charge is 2.19. The summed E-state index contributed by atoms with van der Waals surface area (Å²) in [5.74, 6) is -0.710. The SMILES string of the molecule is CCOC(=O)c1cc(-c2cc(C(N)=O)ccn2)n(-c2ccc(OC)nc2)n1. The molecule has 0 saturated heterocycles. The average Bonchev–Trinajstić information content (AvgIpc) is 3.14. The van der Waals surface area contributed by atoms with Gasteiger partial charge in [0.2, 0.25) is 11.8 Å². The standard InChI is InChI=1S/C18H17N5O4/c1-3-27-18(25)14-9-15(13-8-11(17(19)24)6-7-20-13)23(22-14)12-4-5-16(26-2)21-10-12/h4-10H,3H2,1-2H3,(H2,19,24). The Balaban J connectivity index is 2.14. The van der Waals surface area contributed by atoms with Crippen LogP contribution in [0.4, 0.5) is 0 Å². The molecule has 0 radical (unpaired) electrons. The van der Waals surface area contributed by atoms with Crippen molar-refractivity contribution in [3.63, 3.8) is 0 Å². The van der Waals surface area contributed by atoms with Crippen molar-refractivity contribution in [2.45, 2.75) is 6.92 Å². The number of nitrogens with zero attached hydrogens (tertiary/aromatic N) is 4. The van der Waals surface area contributed by atoms with Gasteiger partial charge in [-0.05, 0) is 25.1 Å². The third-order valence-corrected chi connectivity index (χ3v) is 3.68. The third kappa shape index (κ3) is 3.76. The Morgan fingerprint density at radius 1 is 1.19 bits per heavy atom. The molecule has 1 amide bonds. The van der Waals surface area contributed by atoms with Gasteiger partial charge in [0.1, 0.15) is 0 Å². The van der Waals surface area contributed by atoms with Crippen LogP contribution in [0.5, 0.6) is 5.88 Å². The summed E-state index contributed by atoms with van der Waals surface area (Å²) >= 11 is 0. The molecule has 0 saturated carbocycles. The van der Waals surface area contributed by atoms with Crippen LogP contribution in [0.3, 0.4) is 0 Å². The number of methoxy groups -OCH3 is 1. The van der Waals surface area contributed by atoms with Crippen molar-refractivity contribution < 1.29 is 19.1 Å². The number of nitrogens with two attached hydrogens (primary N) is 1. The fourth-order valence-corrected chi connectivity index (χ4v) is 2.41. The second kappa shape index (κ2) is 7.65. The zero-order valence-electron chi connectivity index (χ0n) is 14.7. The van der Waals surface area contributed by atoms with Crippen LogP contribution in [-0.4, -0.2) is 45.3 Å². The highest BCUT2D eigenvalue weighted by atomic mass is 16.5. The van der Waals surface area contributed by atoms with Gasteiger partial charge in [-0.25, -0.2) is 14.5 Å². The molecule has 3 aromatic heterocycles. The second-order valence-electron chi connectivity index (χ2n) is 5.40. The van der Waals surface area contributed by atoms with Crippen molar-refractivity contribution in [2.75, 3.05) is 13.7 Å². The van der Waals surface area contributed by atoms with Crippen molar-refractivity contribution in [1.82, 2.24) is 19.7 Å². The molecule has 3 rings (SSSR count). The third-order valence-electron chi connectivity index (χ3n) is 3.68. The first-order valence-corrected chi connectivity index (χ1v) is 8.07. The van der Waals surface area contributed by atoms with Gasteiger partial charge in [-0.1, -0.05) is 0 Å². The lowest BCUT2D eigenvalue weighted by Gasteiger charge is -2.08. The van der Waals surface area contributed by atoms with E-state index in [2.05, 4.69) is 15.1 Å². The summed E-state index contributed by atoms with van der Waals surface area (Å²) in [7, 11) is 1.51. The van der Waals surface area contributed by atoms with E-state index < -0.39 is 11.9 Å². The minimum absolute atomic E-state index is 0.106. The zero-order chi connectivity index (χ0) is 19.4. The summed E-state index contributed by atoms with van der Waals surface area (Å²) in [4.78, 5) is 32.0. The van der Waals surface area contributed by atoms with Gasteiger partial charge < -0.3 is 15.2 Å². The fraction of sp³-hybridized carbons (Fsp3) is 0.167. The van der Waals surface area contributed by atoms with E-state index in [0.717, 1.165) is 0 Å². The maximum Gasteiger partial charge on any atom is 0.358 e. The Kier molecular flexibility index (Phi) is 5.11. The molecule has 0 fully saturated rings. The van der Waals surface area contributed by atoms with Gasteiger partial charge in [-0.2, -0.15) is 5.10 Å². The zero-order valence-corrected chi connectivity index (χ0v) is 14.7. The molecule has 0 aliphatic carbocycles. The van der Waals surface area contributed by atoms with Crippen molar-refractivity contribution in [2.24, 2.45) is 5.73 Å². The number of pyridine rings is 2. The predicted octanol–water partition coefficient (Wildman–Crippen LogP) is 1.61. The Labute approximate surface area is 154 Å². The van der Waals surface area contributed by atoms with Crippen molar-refractivity contribution in [3.8, 4) is 23.0 Å². The highest BCUT2D eigenvalue weighted by Crippen LogP contribution is 2.24. The first-order chi connectivity index (χ1) is 13.0. The van der Waals surface area contributed by atoms with Gasteiger partial charge in [0.05, 0.1) is 37.0 Å². The molecule has 3 aromatic rings. The molecule has 0 aromatic carbocycles. The van der Waals surface area contributed by atoms with E-state index >= 15 is 0 Å². The Morgan fingerprint density at radius 2 is 2.00 bits per heavy atom. The molecule has 0 aliphatic rings. The highest BCUT2D eigenvalue weighted by molar-refractivity contribution is 5.94. The summed E-state index contributed by atoms with van der Waals surface area (Å²) in [5, 5.41) is 4.31. The number of esters is 1. The summed E-state index contributed by atoms with van der Waals surface area (Å²) < 4.78 is 11.6. The lowest BCUT2D eigenvalue weighted by molar-refractivity contribution is 0.0519. The molecule has 2 N–H and O–H groups in total. The molecule has 3 heterocycles. The normalized spacial score (nSPS) is 10.4. The molecule has 0 aliphatic heterocycles. The topological polar surface area (TPSA) is 122 Å².